The van der Waals surface area contributed by atoms with Crippen LogP contribution >= 0.6 is 0 Å². The molecule has 0 aromatic heterocycles. The van der Waals surface area contributed by atoms with Crippen molar-refractivity contribution in [2.75, 3.05) is 0 Å². The minimum Gasteiger partial charge on any atom is -0.101 e. The molecule has 2 aliphatic rings. The Kier molecular flexibility index (Phi) is 5.24. The van der Waals surface area contributed by atoms with Gasteiger partial charge in [-0.25, -0.2) is 0 Å². The fourth-order valence-electron chi connectivity index (χ4n) is 4.66. The molecule has 0 saturated heterocycles. The molecule has 0 atom stereocenters. The van der Waals surface area contributed by atoms with E-state index in [-0.39, 0.29) is 0 Å². The summed E-state index contributed by atoms with van der Waals surface area (Å²) in [4.78, 5) is 0. The fourth-order valence-corrected chi connectivity index (χ4v) is 4.66. The highest BCUT2D eigenvalue weighted by molar-refractivity contribution is 5.36. The summed E-state index contributed by atoms with van der Waals surface area (Å²) in [7, 11) is 0. The van der Waals surface area contributed by atoms with Gasteiger partial charge in [-0.1, -0.05) is 37.8 Å². The Labute approximate surface area is 136 Å². The van der Waals surface area contributed by atoms with Crippen molar-refractivity contribution < 1.29 is 0 Å². The van der Waals surface area contributed by atoms with Crippen LogP contribution in [0.1, 0.15) is 82.3 Å². The minimum atomic E-state index is 0.794. The van der Waals surface area contributed by atoms with E-state index in [1.54, 1.807) is 0 Å². The average Bonchev–Trinajstić information content (AvgIpc) is 2.57. The molecule has 0 unspecified atom stereocenters. The molecule has 0 heterocycles. The molecule has 2 aliphatic carbocycles. The van der Waals surface area contributed by atoms with Gasteiger partial charge in [0.15, 0.2) is 0 Å². The lowest BCUT2D eigenvalue weighted by Crippen LogP contribution is -2.24. The first kappa shape index (κ1) is 15.7. The first-order valence-corrected chi connectivity index (χ1v) is 9.29. The normalized spacial score (nSPS) is 32.1. The van der Waals surface area contributed by atoms with Crippen LogP contribution in [0.15, 0.2) is 24.3 Å². The van der Waals surface area contributed by atoms with Crippen molar-refractivity contribution in [2.45, 2.75) is 71.1 Å². The van der Waals surface area contributed by atoms with Crippen LogP contribution in [0.4, 0.5) is 0 Å². The lowest BCUT2D eigenvalue weighted by molar-refractivity contribution is 0.165. The molecular weight excluding hydrogens is 264 g/mol. The molecule has 0 heteroatoms. The van der Waals surface area contributed by atoms with Crippen molar-refractivity contribution in [3.8, 4) is 11.8 Å². The molecule has 0 spiro atoms. The topological polar surface area (TPSA) is 0 Å². The number of benzene rings is 1. The van der Waals surface area contributed by atoms with Crippen LogP contribution in [0.25, 0.3) is 0 Å². The summed E-state index contributed by atoms with van der Waals surface area (Å²) < 4.78 is 0. The summed E-state index contributed by atoms with van der Waals surface area (Å²) in [6.45, 7) is 4.33. The molecule has 2 saturated carbocycles. The third-order valence-electron chi connectivity index (χ3n) is 6.15. The van der Waals surface area contributed by atoms with Gasteiger partial charge >= 0.3 is 0 Å². The van der Waals surface area contributed by atoms with Gasteiger partial charge in [0.05, 0.1) is 0 Å². The van der Waals surface area contributed by atoms with Gasteiger partial charge < -0.3 is 0 Å². The zero-order valence-electron chi connectivity index (χ0n) is 14.3. The molecule has 0 bridgehead atoms. The molecule has 118 valence electrons. The highest BCUT2D eigenvalue weighted by Crippen LogP contribution is 2.43. The third kappa shape index (κ3) is 3.75. The zero-order chi connectivity index (χ0) is 15.4. The molecule has 0 radical (unpaired) electrons. The quantitative estimate of drug-likeness (QED) is 0.573. The Bertz CT molecular complexity index is 511. The number of hydrogen-bond acceptors (Lipinski definition) is 0. The Morgan fingerprint density at radius 3 is 1.86 bits per heavy atom. The van der Waals surface area contributed by atoms with E-state index in [9.17, 15) is 0 Å². The summed E-state index contributed by atoms with van der Waals surface area (Å²) in [5.74, 6) is 9.96. The van der Waals surface area contributed by atoms with Crippen LogP contribution in [0.2, 0.25) is 0 Å². The van der Waals surface area contributed by atoms with E-state index in [4.69, 9.17) is 0 Å². The van der Waals surface area contributed by atoms with E-state index in [1.165, 1.54) is 56.9 Å². The standard InChI is InChI=1S/C22H30/c1-3-4-18-7-11-20(12-8-18)22-15-13-21(14-16-22)19-9-5-17(2)6-10-19/h7-8,11-12,17,19,21-22H,5-6,9-10,13-16H2,1-2H3. The maximum atomic E-state index is 3.14. The van der Waals surface area contributed by atoms with Crippen molar-refractivity contribution in [1.29, 1.82) is 0 Å². The first-order chi connectivity index (χ1) is 10.8. The summed E-state index contributed by atoms with van der Waals surface area (Å²) in [6.07, 6.45) is 11.7. The van der Waals surface area contributed by atoms with Gasteiger partial charge in [-0.05, 0) is 86.8 Å². The molecule has 2 fully saturated rings. The molecule has 3 rings (SSSR count). The van der Waals surface area contributed by atoms with Crippen LogP contribution in [0.3, 0.4) is 0 Å². The lowest BCUT2D eigenvalue weighted by Gasteiger charge is -2.37. The Morgan fingerprint density at radius 2 is 1.32 bits per heavy atom. The summed E-state index contributed by atoms with van der Waals surface area (Å²) in [5, 5.41) is 0. The molecule has 0 amide bonds. The summed E-state index contributed by atoms with van der Waals surface area (Å²) in [5.41, 5.74) is 2.69. The Hall–Kier alpha value is -1.22. The molecule has 1 aromatic carbocycles. The van der Waals surface area contributed by atoms with E-state index in [0.717, 1.165) is 29.2 Å². The highest BCUT2D eigenvalue weighted by atomic mass is 14.4. The largest absolute Gasteiger partial charge is 0.101 e. The van der Waals surface area contributed by atoms with Crippen molar-refractivity contribution >= 4 is 0 Å². The van der Waals surface area contributed by atoms with Crippen LogP contribution in [-0.4, -0.2) is 0 Å². The minimum absolute atomic E-state index is 0.794. The zero-order valence-corrected chi connectivity index (χ0v) is 14.3. The van der Waals surface area contributed by atoms with E-state index >= 15 is 0 Å². The van der Waals surface area contributed by atoms with E-state index in [0.29, 0.717) is 0 Å². The van der Waals surface area contributed by atoms with Crippen LogP contribution in [-0.2, 0) is 0 Å². The highest BCUT2D eigenvalue weighted by Gasteiger charge is 2.30. The monoisotopic (exact) mass is 294 g/mol. The second kappa shape index (κ2) is 7.36. The van der Waals surface area contributed by atoms with Gasteiger partial charge in [0, 0.05) is 5.56 Å². The molecule has 0 N–H and O–H groups in total. The molecular formula is C22H30. The van der Waals surface area contributed by atoms with Gasteiger partial charge in [0.25, 0.3) is 0 Å². The number of rotatable bonds is 2. The van der Waals surface area contributed by atoms with Gasteiger partial charge in [0.2, 0.25) is 0 Å². The van der Waals surface area contributed by atoms with Crippen molar-refractivity contribution in [3.05, 3.63) is 35.4 Å². The van der Waals surface area contributed by atoms with Crippen LogP contribution in [0.5, 0.6) is 0 Å². The smallest absolute Gasteiger partial charge is 0.0245 e. The van der Waals surface area contributed by atoms with Gasteiger partial charge in [0.1, 0.15) is 0 Å². The molecule has 22 heavy (non-hydrogen) atoms. The summed E-state index contributed by atoms with van der Waals surface area (Å²) >= 11 is 0. The maximum absolute atomic E-state index is 3.14. The van der Waals surface area contributed by atoms with Crippen LogP contribution < -0.4 is 0 Å². The van der Waals surface area contributed by atoms with E-state index in [2.05, 4.69) is 43.0 Å². The SMILES string of the molecule is CC#Cc1ccc(C2CCC(C3CCC(C)CC3)CC2)cc1. The second-order valence-electron chi connectivity index (χ2n) is 7.63. The third-order valence-corrected chi connectivity index (χ3v) is 6.15. The first-order valence-electron chi connectivity index (χ1n) is 9.29. The van der Waals surface area contributed by atoms with Crippen molar-refractivity contribution in [3.63, 3.8) is 0 Å². The van der Waals surface area contributed by atoms with Gasteiger partial charge in [-0.2, -0.15) is 0 Å². The predicted octanol–water partition coefficient (Wildman–Crippen LogP) is 6.16. The molecule has 0 nitrogen and oxygen atoms in total. The lowest BCUT2D eigenvalue weighted by atomic mass is 9.68. The maximum Gasteiger partial charge on any atom is 0.0245 e. The molecule has 1 aromatic rings. The fraction of sp³-hybridized carbons (Fsp3) is 0.636. The molecule has 0 aliphatic heterocycles. The predicted molar refractivity (Wildman–Crippen MR) is 94.8 cm³/mol. The number of hydrogen-bond donors (Lipinski definition) is 0. The van der Waals surface area contributed by atoms with Gasteiger partial charge in [-0.3, -0.25) is 0 Å². The second-order valence-corrected chi connectivity index (χ2v) is 7.63. The average molecular weight is 294 g/mol. The summed E-state index contributed by atoms with van der Waals surface area (Å²) in [6, 6.07) is 9.01. The van der Waals surface area contributed by atoms with Gasteiger partial charge in [-0.15, -0.1) is 5.92 Å². The van der Waals surface area contributed by atoms with E-state index < -0.39 is 0 Å². The van der Waals surface area contributed by atoms with Crippen molar-refractivity contribution in [2.24, 2.45) is 17.8 Å². The van der Waals surface area contributed by atoms with Crippen LogP contribution in [0, 0.1) is 29.6 Å². The Morgan fingerprint density at radius 1 is 0.773 bits per heavy atom. The van der Waals surface area contributed by atoms with E-state index in [1.807, 2.05) is 6.92 Å². The Balaban J connectivity index is 1.53. The van der Waals surface area contributed by atoms with Crippen molar-refractivity contribution in [1.82, 2.24) is 0 Å².